The number of aromatic nitrogens is 3. The van der Waals surface area contributed by atoms with Gasteiger partial charge in [0.2, 0.25) is 5.91 Å². The molecule has 4 rings (SSSR count). The molecule has 1 N–H and O–H groups in total. The second kappa shape index (κ2) is 7.11. The highest BCUT2D eigenvalue weighted by atomic mass is 16.5. The third-order valence-corrected chi connectivity index (χ3v) is 4.46. The van der Waals surface area contributed by atoms with Crippen LogP contribution in [0.2, 0.25) is 0 Å². The summed E-state index contributed by atoms with van der Waals surface area (Å²) in [7, 11) is 1.65. The van der Waals surface area contributed by atoms with Crippen molar-refractivity contribution in [1.29, 1.82) is 0 Å². The van der Waals surface area contributed by atoms with Crippen molar-refractivity contribution < 1.29 is 9.32 Å². The van der Waals surface area contributed by atoms with E-state index in [0.29, 0.717) is 16.8 Å². The standard InChI is InChI=1S/C21H18N4O3/c1-13-6-5-8-15(10-13)22-19(26)12-18-23-20(28-24-18)17-11-14-7-3-4-9-16(14)21(27)25(17)2/h3-11H,12H2,1-2H3,(H,22,26). The molecule has 2 aromatic heterocycles. The van der Waals surface area contributed by atoms with Crippen molar-refractivity contribution in [1.82, 2.24) is 14.7 Å². The van der Waals surface area contributed by atoms with Crippen LogP contribution in [0.4, 0.5) is 5.69 Å². The van der Waals surface area contributed by atoms with E-state index in [4.69, 9.17) is 4.52 Å². The molecule has 0 aliphatic heterocycles. The molecule has 140 valence electrons. The van der Waals surface area contributed by atoms with Crippen molar-refractivity contribution in [2.75, 3.05) is 5.32 Å². The van der Waals surface area contributed by atoms with Gasteiger partial charge in [0.1, 0.15) is 5.69 Å². The van der Waals surface area contributed by atoms with Crippen molar-refractivity contribution in [3.63, 3.8) is 0 Å². The first-order valence-corrected chi connectivity index (χ1v) is 8.79. The van der Waals surface area contributed by atoms with E-state index in [1.54, 1.807) is 13.1 Å². The van der Waals surface area contributed by atoms with Gasteiger partial charge >= 0.3 is 0 Å². The smallest absolute Gasteiger partial charge is 0.274 e. The Morgan fingerprint density at radius 1 is 1.14 bits per heavy atom. The second-order valence-electron chi connectivity index (χ2n) is 6.59. The molecule has 0 aliphatic rings. The van der Waals surface area contributed by atoms with Gasteiger partial charge in [0, 0.05) is 18.1 Å². The van der Waals surface area contributed by atoms with Crippen LogP contribution >= 0.6 is 0 Å². The number of fused-ring (bicyclic) bond motifs is 1. The number of nitrogens with zero attached hydrogens (tertiary/aromatic N) is 3. The van der Waals surface area contributed by atoms with E-state index in [-0.39, 0.29) is 29.6 Å². The zero-order chi connectivity index (χ0) is 19.7. The van der Waals surface area contributed by atoms with Crippen LogP contribution in [0.15, 0.2) is 63.9 Å². The topological polar surface area (TPSA) is 90.0 Å². The summed E-state index contributed by atoms with van der Waals surface area (Å²) >= 11 is 0. The first kappa shape index (κ1) is 17.7. The lowest BCUT2D eigenvalue weighted by Gasteiger charge is -2.06. The Bertz CT molecular complexity index is 1240. The van der Waals surface area contributed by atoms with Crippen LogP contribution in [-0.4, -0.2) is 20.6 Å². The van der Waals surface area contributed by atoms with Gasteiger partial charge in [0.05, 0.1) is 6.42 Å². The third-order valence-electron chi connectivity index (χ3n) is 4.46. The van der Waals surface area contributed by atoms with E-state index < -0.39 is 0 Å². The number of pyridine rings is 1. The number of benzene rings is 2. The molecule has 0 saturated heterocycles. The SMILES string of the molecule is Cc1cccc(NC(=O)Cc2noc(-c3cc4ccccc4c(=O)n3C)n2)c1. The van der Waals surface area contributed by atoms with Gasteiger partial charge in [-0.3, -0.25) is 9.59 Å². The molecule has 0 fully saturated rings. The van der Waals surface area contributed by atoms with Gasteiger partial charge in [-0.1, -0.05) is 35.5 Å². The minimum atomic E-state index is -0.245. The Labute approximate surface area is 160 Å². The number of hydrogen-bond donors (Lipinski definition) is 1. The minimum absolute atomic E-state index is 0.0288. The lowest BCUT2D eigenvalue weighted by molar-refractivity contribution is -0.115. The predicted molar refractivity (Wildman–Crippen MR) is 106 cm³/mol. The number of rotatable bonds is 4. The molecule has 1 amide bonds. The van der Waals surface area contributed by atoms with E-state index in [9.17, 15) is 9.59 Å². The molecule has 0 bridgehead atoms. The van der Waals surface area contributed by atoms with Crippen LogP contribution in [0.3, 0.4) is 0 Å². The van der Waals surface area contributed by atoms with Gasteiger partial charge in [-0.2, -0.15) is 4.98 Å². The molecule has 0 unspecified atom stereocenters. The fourth-order valence-corrected chi connectivity index (χ4v) is 3.06. The molecule has 7 heteroatoms. The van der Waals surface area contributed by atoms with Gasteiger partial charge in [0.25, 0.3) is 11.4 Å². The summed E-state index contributed by atoms with van der Waals surface area (Å²) in [6, 6.07) is 16.7. The second-order valence-corrected chi connectivity index (χ2v) is 6.59. The molecule has 28 heavy (non-hydrogen) atoms. The highest BCUT2D eigenvalue weighted by molar-refractivity contribution is 5.92. The Morgan fingerprint density at radius 2 is 1.96 bits per heavy atom. The number of hydrogen-bond acceptors (Lipinski definition) is 5. The first-order chi connectivity index (χ1) is 13.5. The summed E-state index contributed by atoms with van der Waals surface area (Å²) in [5, 5.41) is 8.10. The largest absolute Gasteiger partial charge is 0.332 e. The normalized spacial score (nSPS) is 10.9. The van der Waals surface area contributed by atoms with Crippen molar-refractivity contribution in [2.24, 2.45) is 7.05 Å². The Balaban J connectivity index is 1.58. The number of nitrogens with one attached hydrogen (secondary N) is 1. The van der Waals surface area contributed by atoms with E-state index in [1.165, 1.54) is 4.57 Å². The first-order valence-electron chi connectivity index (χ1n) is 8.79. The molecule has 0 aliphatic carbocycles. The molecular formula is C21H18N4O3. The van der Waals surface area contributed by atoms with Crippen LogP contribution in [0.5, 0.6) is 0 Å². The van der Waals surface area contributed by atoms with Gasteiger partial charge in [-0.25, -0.2) is 0 Å². The number of aryl methyl sites for hydroxylation is 1. The summed E-state index contributed by atoms with van der Waals surface area (Å²) in [5.74, 6) is 0.204. The van der Waals surface area contributed by atoms with Crippen molar-refractivity contribution in [3.05, 3.63) is 76.3 Å². The molecular weight excluding hydrogens is 356 g/mol. The molecule has 4 aromatic rings. The fraction of sp³-hybridized carbons (Fsp3) is 0.143. The van der Waals surface area contributed by atoms with Crippen LogP contribution < -0.4 is 10.9 Å². The summed E-state index contributed by atoms with van der Waals surface area (Å²) in [6.07, 6.45) is -0.0288. The maximum absolute atomic E-state index is 12.5. The maximum atomic E-state index is 12.5. The van der Waals surface area contributed by atoms with Crippen molar-refractivity contribution in [2.45, 2.75) is 13.3 Å². The maximum Gasteiger partial charge on any atom is 0.274 e. The number of amides is 1. The Hall–Kier alpha value is -3.74. The van der Waals surface area contributed by atoms with Crippen LogP contribution in [-0.2, 0) is 18.3 Å². The van der Waals surface area contributed by atoms with E-state index >= 15 is 0 Å². The molecule has 2 heterocycles. The molecule has 7 nitrogen and oxygen atoms in total. The van der Waals surface area contributed by atoms with Crippen molar-refractivity contribution >= 4 is 22.4 Å². The van der Waals surface area contributed by atoms with Gasteiger partial charge in [-0.15, -0.1) is 0 Å². The summed E-state index contributed by atoms with van der Waals surface area (Å²) in [5.41, 5.74) is 2.12. The number of anilines is 1. The van der Waals surface area contributed by atoms with E-state index in [2.05, 4.69) is 15.5 Å². The molecule has 0 saturated carbocycles. The molecule has 0 radical (unpaired) electrons. The Morgan fingerprint density at radius 3 is 2.79 bits per heavy atom. The van der Waals surface area contributed by atoms with Gasteiger partial charge in [-0.05, 0) is 42.1 Å². The van der Waals surface area contributed by atoms with Crippen LogP contribution in [0.25, 0.3) is 22.4 Å². The highest BCUT2D eigenvalue weighted by Crippen LogP contribution is 2.20. The lowest BCUT2D eigenvalue weighted by Crippen LogP contribution is -2.18. The monoisotopic (exact) mass is 374 g/mol. The average Bonchev–Trinajstić information content (AvgIpc) is 3.12. The lowest BCUT2D eigenvalue weighted by atomic mass is 10.1. The van der Waals surface area contributed by atoms with E-state index in [1.807, 2.05) is 55.5 Å². The molecule has 0 spiro atoms. The highest BCUT2D eigenvalue weighted by Gasteiger charge is 2.16. The van der Waals surface area contributed by atoms with E-state index in [0.717, 1.165) is 10.9 Å². The summed E-state index contributed by atoms with van der Waals surface area (Å²) < 4.78 is 6.77. The zero-order valence-corrected chi connectivity index (χ0v) is 15.5. The quantitative estimate of drug-likeness (QED) is 0.593. The number of carbonyl (C=O) groups is 1. The van der Waals surface area contributed by atoms with Gasteiger partial charge in [0.15, 0.2) is 5.82 Å². The summed E-state index contributed by atoms with van der Waals surface area (Å²) in [4.78, 5) is 29.1. The summed E-state index contributed by atoms with van der Waals surface area (Å²) in [6.45, 7) is 1.95. The third kappa shape index (κ3) is 3.42. The van der Waals surface area contributed by atoms with Crippen LogP contribution in [0, 0.1) is 6.92 Å². The minimum Gasteiger partial charge on any atom is -0.332 e. The van der Waals surface area contributed by atoms with Gasteiger partial charge < -0.3 is 14.4 Å². The fourth-order valence-electron chi connectivity index (χ4n) is 3.06. The molecule has 2 aromatic carbocycles. The number of carbonyl (C=O) groups excluding carboxylic acids is 1. The predicted octanol–water partition coefficient (Wildman–Crippen LogP) is 3.08. The van der Waals surface area contributed by atoms with Crippen molar-refractivity contribution in [3.8, 4) is 11.6 Å². The zero-order valence-electron chi connectivity index (χ0n) is 15.5. The average molecular weight is 374 g/mol. The Kier molecular flexibility index (Phi) is 4.49. The van der Waals surface area contributed by atoms with Crippen LogP contribution in [0.1, 0.15) is 11.4 Å². The molecule has 0 atom stereocenters.